The number of ether oxygens (including phenoxy) is 1. The van der Waals surface area contributed by atoms with Crippen LogP contribution in [0.1, 0.15) is 6.42 Å². The number of nitrogens with zero attached hydrogens (tertiary/aromatic N) is 3. The van der Waals surface area contributed by atoms with E-state index in [1.165, 1.54) is 6.07 Å². The van der Waals surface area contributed by atoms with Crippen molar-refractivity contribution >= 4 is 28.4 Å². The molecule has 3 aromatic rings. The first-order valence-corrected chi connectivity index (χ1v) is 9.81. The number of pyridine rings is 1. The standard InChI is InChI=1S/C21H22ClN3O3/c22-18-3-1-8-23-21(18)25-12-10-24(11-13-25)9-2-14-27-17-6-4-16-5-7-20(26)28-19(16)15-17/h1,3-8,15H,2,9-14H2. The third-order valence-electron chi connectivity index (χ3n) is 4.89. The van der Waals surface area contributed by atoms with Crippen LogP contribution >= 0.6 is 11.6 Å². The Kier molecular flexibility index (Phi) is 5.78. The van der Waals surface area contributed by atoms with Crippen LogP contribution in [-0.4, -0.2) is 49.2 Å². The summed E-state index contributed by atoms with van der Waals surface area (Å²) < 4.78 is 11.0. The van der Waals surface area contributed by atoms with Crippen LogP contribution in [-0.2, 0) is 0 Å². The summed E-state index contributed by atoms with van der Waals surface area (Å²) in [6.45, 7) is 5.39. The van der Waals surface area contributed by atoms with Gasteiger partial charge in [0.25, 0.3) is 0 Å². The topological polar surface area (TPSA) is 58.8 Å². The third-order valence-corrected chi connectivity index (χ3v) is 5.19. The highest BCUT2D eigenvalue weighted by molar-refractivity contribution is 6.32. The fraction of sp³-hybridized carbons (Fsp3) is 0.333. The van der Waals surface area contributed by atoms with E-state index in [1.54, 1.807) is 18.3 Å². The van der Waals surface area contributed by atoms with Crippen molar-refractivity contribution in [3.8, 4) is 5.75 Å². The molecule has 7 heteroatoms. The van der Waals surface area contributed by atoms with E-state index in [0.717, 1.165) is 56.1 Å². The van der Waals surface area contributed by atoms with E-state index >= 15 is 0 Å². The molecule has 0 atom stereocenters. The van der Waals surface area contributed by atoms with Gasteiger partial charge in [-0.05, 0) is 36.8 Å². The maximum Gasteiger partial charge on any atom is 0.336 e. The molecule has 1 saturated heterocycles. The molecule has 146 valence electrons. The summed E-state index contributed by atoms with van der Waals surface area (Å²) in [7, 11) is 0. The number of aromatic nitrogens is 1. The van der Waals surface area contributed by atoms with Crippen LogP contribution in [0.4, 0.5) is 5.82 Å². The Morgan fingerprint density at radius 3 is 2.75 bits per heavy atom. The first kappa shape index (κ1) is 18.8. The van der Waals surface area contributed by atoms with Crippen LogP contribution < -0.4 is 15.3 Å². The Morgan fingerprint density at radius 2 is 1.93 bits per heavy atom. The number of hydrogen-bond acceptors (Lipinski definition) is 6. The van der Waals surface area contributed by atoms with E-state index in [9.17, 15) is 4.79 Å². The smallest absolute Gasteiger partial charge is 0.336 e. The highest BCUT2D eigenvalue weighted by Gasteiger charge is 2.19. The van der Waals surface area contributed by atoms with E-state index in [2.05, 4.69) is 14.8 Å². The van der Waals surface area contributed by atoms with E-state index in [1.807, 2.05) is 24.3 Å². The zero-order valence-corrected chi connectivity index (χ0v) is 16.3. The average Bonchev–Trinajstić information content (AvgIpc) is 2.72. The first-order valence-electron chi connectivity index (χ1n) is 9.43. The molecular formula is C21H22ClN3O3. The van der Waals surface area contributed by atoms with E-state index in [4.69, 9.17) is 20.8 Å². The molecule has 0 bridgehead atoms. The van der Waals surface area contributed by atoms with Gasteiger partial charge in [-0.25, -0.2) is 9.78 Å². The molecule has 0 spiro atoms. The maximum absolute atomic E-state index is 11.3. The van der Waals surface area contributed by atoms with Crippen molar-refractivity contribution in [2.45, 2.75) is 6.42 Å². The summed E-state index contributed by atoms with van der Waals surface area (Å²) in [6.07, 6.45) is 2.71. The van der Waals surface area contributed by atoms with Crippen molar-refractivity contribution in [2.24, 2.45) is 0 Å². The second kappa shape index (κ2) is 8.63. The van der Waals surface area contributed by atoms with Gasteiger partial charge in [-0.1, -0.05) is 11.6 Å². The lowest BCUT2D eigenvalue weighted by molar-refractivity contribution is 0.224. The summed E-state index contributed by atoms with van der Waals surface area (Å²) in [5.74, 6) is 1.59. The lowest BCUT2D eigenvalue weighted by atomic mass is 10.2. The number of halogens is 1. The van der Waals surface area contributed by atoms with Gasteiger partial charge in [0, 0.05) is 56.4 Å². The molecule has 0 N–H and O–H groups in total. The lowest BCUT2D eigenvalue weighted by Gasteiger charge is -2.35. The van der Waals surface area contributed by atoms with Crippen molar-refractivity contribution in [3.05, 3.63) is 64.1 Å². The average molecular weight is 400 g/mol. The number of hydrogen-bond donors (Lipinski definition) is 0. The zero-order chi connectivity index (χ0) is 19.3. The monoisotopic (exact) mass is 399 g/mol. The third kappa shape index (κ3) is 4.46. The van der Waals surface area contributed by atoms with E-state index in [-0.39, 0.29) is 5.63 Å². The predicted molar refractivity (Wildman–Crippen MR) is 110 cm³/mol. The molecule has 0 amide bonds. The maximum atomic E-state index is 11.3. The van der Waals surface area contributed by atoms with Crippen molar-refractivity contribution in [1.82, 2.24) is 9.88 Å². The molecular weight excluding hydrogens is 378 g/mol. The van der Waals surface area contributed by atoms with Crippen LogP contribution in [0.3, 0.4) is 0 Å². The molecule has 1 aliphatic rings. The minimum absolute atomic E-state index is 0.351. The molecule has 0 radical (unpaired) electrons. The second-order valence-corrected chi connectivity index (χ2v) is 7.20. The fourth-order valence-electron chi connectivity index (χ4n) is 3.40. The van der Waals surface area contributed by atoms with Crippen LogP contribution in [0.25, 0.3) is 11.0 Å². The van der Waals surface area contributed by atoms with Crippen molar-refractivity contribution < 1.29 is 9.15 Å². The Morgan fingerprint density at radius 1 is 1.11 bits per heavy atom. The largest absolute Gasteiger partial charge is 0.493 e. The molecule has 0 aliphatic carbocycles. The van der Waals surface area contributed by atoms with Gasteiger partial charge >= 0.3 is 5.63 Å². The number of rotatable bonds is 6. The van der Waals surface area contributed by atoms with Gasteiger partial charge in [0.2, 0.25) is 0 Å². The van der Waals surface area contributed by atoms with Crippen LogP contribution in [0, 0.1) is 0 Å². The van der Waals surface area contributed by atoms with E-state index in [0.29, 0.717) is 17.2 Å². The molecule has 0 unspecified atom stereocenters. The van der Waals surface area contributed by atoms with Gasteiger partial charge in [0.05, 0.1) is 11.6 Å². The van der Waals surface area contributed by atoms with Crippen LogP contribution in [0.15, 0.2) is 57.9 Å². The minimum atomic E-state index is -0.351. The van der Waals surface area contributed by atoms with Gasteiger partial charge in [-0.3, -0.25) is 4.90 Å². The molecule has 0 saturated carbocycles. The molecule has 1 fully saturated rings. The highest BCUT2D eigenvalue weighted by atomic mass is 35.5. The van der Waals surface area contributed by atoms with Crippen molar-refractivity contribution in [2.75, 3.05) is 44.2 Å². The molecule has 2 aromatic heterocycles. The molecule has 4 rings (SSSR count). The predicted octanol–water partition coefficient (Wildman–Crippen LogP) is 3.43. The summed E-state index contributed by atoms with van der Waals surface area (Å²) in [5.41, 5.74) is 0.199. The van der Waals surface area contributed by atoms with Crippen LogP contribution in [0.2, 0.25) is 5.02 Å². The quantitative estimate of drug-likeness (QED) is 0.467. The molecule has 28 heavy (non-hydrogen) atoms. The number of benzene rings is 1. The number of anilines is 1. The first-order chi connectivity index (χ1) is 13.7. The van der Waals surface area contributed by atoms with Crippen molar-refractivity contribution in [3.63, 3.8) is 0 Å². The number of piperazine rings is 1. The summed E-state index contributed by atoms with van der Waals surface area (Å²) in [5, 5.41) is 1.59. The second-order valence-electron chi connectivity index (χ2n) is 6.79. The minimum Gasteiger partial charge on any atom is -0.493 e. The molecule has 1 aromatic carbocycles. The van der Waals surface area contributed by atoms with Gasteiger partial charge in [-0.15, -0.1) is 0 Å². The van der Waals surface area contributed by atoms with Gasteiger partial charge < -0.3 is 14.1 Å². The Labute approximate surface area is 168 Å². The summed E-state index contributed by atoms with van der Waals surface area (Å²) in [4.78, 5) is 20.4. The fourth-order valence-corrected chi connectivity index (χ4v) is 3.64. The van der Waals surface area contributed by atoms with Crippen LogP contribution in [0.5, 0.6) is 5.75 Å². The van der Waals surface area contributed by atoms with E-state index < -0.39 is 0 Å². The normalized spacial score (nSPS) is 15.1. The Hall–Kier alpha value is -2.57. The Balaban J connectivity index is 1.22. The zero-order valence-electron chi connectivity index (χ0n) is 15.5. The summed E-state index contributed by atoms with van der Waals surface area (Å²) >= 11 is 6.24. The lowest BCUT2D eigenvalue weighted by Crippen LogP contribution is -2.47. The summed E-state index contributed by atoms with van der Waals surface area (Å²) in [6, 6.07) is 12.5. The molecule has 1 aliphatic heterocycles. The van der Waals surface area contributed by atoms with Gasteiger partial charge in [0.1, 0.15) is 17.2 Å². The van der Waals surface area contributed by atoms with Gasteiger partial charge in [0.15, 0.2) is 0 Å². The SMILES string of the molecule is O=c1ccc2ccc(OCCCN3CCN(c4ncccc4Cl)CC3)cc2o1. The van der Waals surface area contributed by atoms with Crippen molar-refractivity contribution in [1.29, 1.82) is 0 Å². The van der Waals surface area contributed by atoms with Gasteiger partial charge in [-0.2, -0.15) is 0 Å². The highest BCUT2D eigenvalue weighted by Crippen LogP contribution is 2.23. The Bertz CT molecular complexity index is 999. The number of fused-ring (bicyclic) bond motifs is 1. The molecule has 3 heterocycles. The molecule has 6 nitrogen and oxygen atoms in total.